The summed E-state index contributed by atoms with van der Waals surface area (Å²) in [4.78, 5) is 13.8. The lowest BCUT2D eigenvalue weighted by Crippen LogP contribution is -2.39. The fraction of sp³-hybridized carbons (Fsp3) is 0.550. The van der Waals surface area contributed by atoms with Gasteiger partial charge in [-0.05, 0) is 50.3 Å². The second-order valence-corrected chi connectivity index (χ2v) is 7.63. The molecule has 138 valence electrons. The van der Waals surface area contributed by atoms with Crippen LogP contribution in [0, 0.1) is 5.82 Å². The number of hydrogen-bond acceptors (Lipinski definition) is 3. The molecule has 0 saturated heterocycles. The van der Waals surface area contributed by atoms with Crippen LogP contribution in [0.1, 0.15) is 58.1 Å². The Bertz CT molecular complexity index is 674. The van der Waals surface area contributed by atoms with Crippen molar-refractivity contribution in [2.45, 2.75) is 52.6 Å². The highest BCUT2D eigenvalue weighted by Crippen LogP contribution is 2.34. The molecule has 0 aromatic heterocycles. The second kappa shape index (κ2) is 7.46. The van der Waals surface area contributed by atoms with E-state index in [1.165, 1.54) is 6.07 Å². The molecule has 4 nitrogen and oxygen atoms in total. The molecule has 2 rings (SSSR count). The van der Waals surface area contributed by atoms with E-state index in [2.05, 4.69) is 0 Å². The summed E-state index contributed by atoms with van der Waals surface area (Å²) < 4.78 is 25.0. The molecule has 25 heavy (non-hydrogen) atoms. The molecule has 0 N–H and O–H groups in total. The van der Waals surface area contributed by atoms with Gasteiger partial charge in [0.15, 0.2) is 0 Å². The monoisotopic (exact) mass is 349 g/mol. The maximum Gasteiger partial charge on any atom is 0.410 e. The Kier molecular flexibility index (Phi) is 5.76. The number of nitrogens with zero attached hydrogens (tertiary/aromatic N) is 1. The lowest BCUT2D eigenvalue weighted by molar-refractivity contribution is 0.0270. The quantitative estimate of drug-likeness (QED) is 0.772. The molecule has 1 aromatic carbocycles. The minimum atomic E-state index is -0.507. The maximum absolute atomic E-state index is 14.2. The molecule has 1 heterocycles. The van der Waals surface area contributed by atoms with Crippen molar-refractivity contribution >= 4 is 11.7 Å². The summed E-state index contributed by atoms with van der Waals surface area (Å²) in [5.41, 5.74) is 2.13. The fourth-order valence-electron chi connectivity index (χ4n) is 2.84. The first kappa shape index (κ1) is 19.3. The van der Waals surface area contributed by atoms with Gasteiger partial charge in [0.1, 0.15) is 17.2 Å². The van der Waals surface area contributed by atoms with E-state index in [0.29, 0.717) is 30.8 Å². The highest BCUT2D eigenvalue weighted by atomic mass is 19.1. The molecule has 1 aliphatic heterocycles. The molecule has 0 fully saturated rings. The van der Waals surface area contributed by atoms with E-state index in [4.69, 9.17) is 9.47 Å². The van der Waals surface area contributed by atoms with Gasteiger partial charge < -0.3 is 14.4 Å². The van der Waals surface area contributed by atoms with Crippen LogP contribution in [0.25, 0.3) is 5.57 Å². The molecule has 5 heteroatoms. The molecule has 0 bridgehead atoms. The van der Waals surface area contributed by atoms with Crippen LogP contribution in [0.15, 0.2) is 18.2 Å². The topological polar surface area (TPSA) is 38.8 Å². The van der Waals surface area contributed by atoms with Crippen molar-refractivity contribution in [2.24, 2.45) is 0 Å². The van der Waals surface area contributed by atoms with Crippen LogP contribution in [0.4, 0.5) is 9.18 Å². The van der Waals surface area contributed by atoms with E-state index in [-0.39, 0.29) is 17.8 Å². The Morgan fingerprint density at radius 3 is 2.44 bits per heavy atom. The first-order chi connectivity index (χ1) is 11.6. The first-order valence-electron chi connectivity index (χ1n) is 8.67. The summed E-state index contributed by atoms with van der Waals surface area (Å²) in [7, 11) is 1.55. The summed E-state index contributed by atoms with van der Waals surface area (Å²) in [6.45, 7) is 10.5. The predicted molar refractivity (Wildman–Crippen MR) is 97.4 cm³/mol. The number of benzene rings is 1. The van der Waals surface area contributed by atoms with Crippen LogP contribution >= 0.6 is 0 Å². The van der Waals surface area contributed by atoms with Gasteiger partial charge in [0.25, 0.3) is 0 Å². The van der Waals surface area contributed by atoms with Gasteiger partial charge in [-0.25, -0.2) is 9.18 Å². The van der Waals surface area contributed by atoms with Crippen LogP contribution in [0.2, 0.25) is 0 Å². The standard InChI is InChI=1S/C20H28FNO3/c1-13(2)15-11-16(18(24-6)12-17(15)21)14-7-9-22(10-8-14)19(23)25-20(3,4)5/h7,11-13H,8-10H2,1-6H3. The zero-order valence-corrected chi connectivity index (χ0v) is 16.0. The number of carbonyl (C=O) groups is 1. The van der Waals surface area contributed by atoms with E-state index >= 15 is 0 Å². The highest BCUT2D eigenvalue weighted by molar-refractivity contribution is 5.75. The van der Waals surface area contributed by atoms with Crippen molar-refractivity contribution in [1.29, 1.82) is 0 Å². The number of rotatable bonds is 3. The minimum Gasteiger partial charge on any atom is -0.496 e. The molecular weight excluding hydrogens is 321 g/mol. The van der Waals surface area contributed by atoms with Crippen molar-refractivity contribution in [3.63, 3.8) is 0 Å². The molecule has 0 saturated carbocycles. The number of methoxy groups -OCH3 is 1. The number of ether oxygens (including phenoxy) is 2. The van der Waals surface area contributed by atoms with Crippen LogP contribution in [-0.2, 0) is 4.74 Å². The number of hydrogen-bond donors (Lipinski definition) is 0. The number of carbonyl (C=O) groups excluding carboxylic acids is 1. The number of amides is 1. The van der Waals surface area contributed by atoms with Crippen LogP contribution in [0.5, 0.6) is 5.75 Å². The molecule has 0 atom stereocenters. The van der Waals surface area contributed by atoms with Gasteiger partial charge in [-0.15, -0.1) is 0 Å². The molecule has 0 radical (unpaired) electrons. The van der Waals surface area contributed by atoms with Crippen molar-refractivity contribution in [1.82, 2.24) is 4.90 Å². The third-order valence-corrected chi connectivity index (χ3v) is 4.15. The van der Waals surface area contributed by atoms with Gasteiger partial charge in [-0.1, -0.05) is 19.9 Å². The SMILES string of the molecule is COc1cc(F)c(C(C)C)cc1C1=CCN(C(=O)OC(C)(C)C)CC1. The first-order valence-corrected chi connectivity index (χ1v) is 8.67. The molecule has 1 aromatic rings. The normalized spacial score (nSPS) is 15.2. The third-order valence-electron chi connectivity index (χ3n) is 4.15. The maximum atomic E-state index is 14.2. The van der Waals surface area contributed by atoms with E-state index in [0.717, 1.165) is 11.1 Å². The summed E-state index contributed by atoms with van der Waals surface area (Å²) in [5.74, 6) is 0.369. The third kappa shape index (κ3) is 4.74. The molecule has 0 aliphatic carbocycles. The molecule has 1 amide bonds. The van der Waals surface area contributed by atoms with Crippen molar-refractivity contribution in [3.05, 3.63) is 35.2 Å². The Balaban J connectivity index is 2.23. The number of halogens is 1. The lowest BCUT2D eigenvalue weighted by atomic mass is 9.93. The van der Waals surface area contributed by atoms with Gasteiger partial charge in [0.05, 0.1) is 7.11 Å². The fourth-order valence-corrected chi connectivity index (χ4v) is 2.84. The van der Waals surface area contributed by atoms with Gasteiger partial charge in [0.2, 0.25) is 0 Å². The summed E-state index contributed by atoms with van der Waals surface area (Å²) in [5, 5.41) is 0. The van der Waals surface area contributed by atoms with Crippen LogP contribution in [-0.4, -0.2) is 36.8 Å². The van der Waals surface area contributed by atoms with E-state index < -0.39 is 5.60 Å². The average molecular weight is 349 g/mol. The zero-order chi connectivity index (χ0) is 18.8. The summed E-state index contributed by atoms with van der Waals surface area (Å²) >= 11 is 0. The highest BCUT2D eigenvalue weighted by Gasteiger charge is 2.25. The molecule has 1 aliphatic rings. The van der Waals surface area contributed by atoms with E-state index in [9.17, 15) is 9.18 Å². The Morgan fingerprint density at radius 2 is 1.96 bits per heavy atom. The van der Waals surface area contributed by atoms with Crippen molar-refractivity contribution in [2.75, 3.05) is 20.2 Å². The van der Waals surface area contributed by atoms with E-state index in [1.807, 2.05) is 46.8 Å². The van der Waals surface area contributed by atoms with Crippen molar-refractivity contribution in [3.8, 4) is 5.75 Å². The van der Waals surface area contributed by atoms with Gasteiger partial charge >= 0.3 is 6.09 Å². The lowest BCUT2D eigenvalue weighted by Gasteiger charge is -2.30. The van der Waals surface area contributed by atoms with Gasteiger partial charge in [0, 0.05) is 24.7 Å². The summed E-state index contributed by atoms with van der Waals surface area (Å²) in [6.07, 6.45) is 2.36. The second-order valence-electron chi connectivity index (χ2n) is 7.63. The Labute approximate surface area is 149 Å². The van der Waals surface area contributed by atoms with Crippen LogP contribution < -0.4 is 4.74 Å². The van der Waals surface area contributed by atoms with Gasteiger partial charge in [-0.3, -0.25) is 0 Å². The molecular formula is C20H28FNO3. The average Bonchev–Trinajstić information content (AvgIpc) is 2.52. The van der Waals surface area contributed by atoms with Gasteiger partial charge in [-0.2, -0.15) is 0 Å². The minimum absolute atomic E-state index is 0.0899. The summed E-state index contributed by atoms with van der Waals surface area (Å²) in [6, 6.07) is 3.32. The van der Waals surface area contributed by atoms with Crippen molar-refractivity contribution < 1.29 is 18.7 Å². The molecule has 0 unspecified atom stereocenters. The van der Waals surface area contributed by atoms with Crippen LogP contribution in [0.3, 0.4) is 0 Å². The Hall–Kier alpha value is -2.04. The largest absolute Gasteiger partial charge is 0.496 e. The predicted octanol–water partition coefficient (Wildman–Crippen LogP) is 4.98. The zero-order valence-electron chi connectivity index (χ0n) is 16.0. The Morgan fingerprint density at radius 1 is 1.28 bits per heavy atom. The smallest absolute Gasteiger partial charge is 0.410 e. The van der Waals surface area contributed by atoms with E-state index in [1.54, 1.807) is 12.0 Å². The molecule has 0 spiro atoms.